The van der Waals surface area contributed by atoms with Gasteiger partial charge in [0.05, 0.1) is 19.3 Å². The minimum Gasteiger partial charge on any atom is -0.497 e. The lowest BCUT2D eigenvalue weighted by atomic mass is 9.97. The third-order valence-electron chi connectivity index (χ3n) is 5.44. The highest BCUT2D eigenvalue weighted by Gasteiger charge is 2.50. The highest BCUT2D eigenvalue weighted by molar-refractivity contribution is 5.31. The Kier molecular flexibility index (Phi) is 7.53. The molecule has 0 unspecified atom stereocenters. The van der Waals surface area contributed by atoms with Crippen molar-refractivity contribution in [3.8, 4) is 11.5 Å². The summed E-state index contributed by atoms with van der Waals surface area (Å²) in [7, 11) is 2.97. The molecule has 2 aliphatic heterocycles. The van der Waals surface area contributed by atoms with Crippen LogP contribution in [0.1, 0.15) is 13.8 Å². The summed E-state index contributed by atoms with van der Waals surface area (Å²) in [5.74, 6) is 1.16. The summed E-state index contributed by atoms with van der Waals surface area (Å²) in [6.45, 7) is 3.19. The Morgan fingerprint density at radius 3 is 1.87 bits per heavy atom. The third-order valence-corrected chi connectivity index (χ3v) is 5.44. The first-order valence-electron chi connectivity index (χ1n) is 9.79. The molecule has 1 aromatic rings. The van der Waals surface area contributed by atoms with E-state index in [2.05, 4.69) is 0 Å². The van der Waals surface area contributed by atoms with Gasteiger partial charge in [0, 0.05) is 7.11 Å². The van der Waals surface area contributed by atoms with Crippen molar-refractivity contribution in [2.75, 3.05) is 14.2 Å². The molecule has 10 atom stereocenters. The minimum absolute atomic E-state index is 0.492. The van der Waals surface area contributed by atoms with Gasteiger partial charge in [0.2, 0.25) is 6.29 Å². The molecule has 170 valence electrons. The van der Waals surface area contributed by atoms with Crippen LogP contribution in [-0.4, -0.2) is 96.1 Å². The van der Waals surface area contributed by atoms with E-state index in [0.29, 0.717) is 11.5 Å². The maximum atomic E-state index is 10.6. The van der Waals surface area contributed by atoms with Gasteiger partial charge in [-0.25, -0.2) is 0 Å². The van der Waals surface area contributed by atoms with Crippen LogP contribution in [0.15, 0.2) is 24.3 Å². The van der Waals surface area contributed by atoms with E-state index < -0.39 is 61.4 Å². The number of hydrogen-bond donors (Lipinski definition) is 4. The molecule has 0 saturated carbocycles. The third kappa shape index (κ3) is 4.71. The van der Waals surface area contributed by atoms with Crippen molar-refractivity contribution < 1.29 is 48.8 Å². The molecule has 0 bridgehead atoms. The number of hydrogen-bond acceptors (Lipinski definition) is 10. The zero-order chi connectivity index (χ0) is 22.0. The predicted octanol–water partition coefficient (Wildman–Crippen LogP) is -0.593. The highest BCUT2D eigenvalue weighted by Crippen LogP contribution is 2.31. The maximum Gasteiger partial charge on any atom is 0.229 e. The molecular weight excluding hydrogens is 400 g/mol. The monoisotopic (exact) mass is 430 g/mol. The van der Waals surface area contributed by atoms with Crippen molar-refractivity contribution in [3.63, 3.8) is 0 Å². The van der Waals surface area contributed by atoms with Gasteiger partial charge in [-0.1, -0.05) is 0 Å². The van der Waals surface area contributed by atoms with E-state index >= 15 is 0 Å². The van der Waals surface area contributed by atoms with E-state index in [1.165, 1.54) is 7.11 Å². The van der Waals surface area contributed by atoms with Gasteiger partial charge in [0.15, 0.2) is 6.29 Å². The molecule has 3 rings (SSSR count). The topological polar surface area (TPSA) is 136 Å². The van der Waals surface area contributed by atoms with Crippen molar-refractivity contribution in [1.82, 2.24) is 0 Å². The molecule has 0 radical (unpaired) electrons. The van der Waals surface area contributed by atoms with Crippen LogP contribution in [0, 0.1) is 0 Å². The van der Waals surface area contributed by atoms with E-state index in [1.54, 1.807) is 45.2 Å². The zero-order valence-electron chi connectivity index (χ0n) is 17.3. The van der Waals surface area contributed by atoms with E-state index in [9.17, 15) is 20.4 Å². The fraction of sp³-hybridized carbons (Fsp3) is 0.700. The van der Waals surface area contributed by atoms with Gasteiger partial charge in [-0.3, -0.25) is 0 Å². The second kappa shape index (κ2) is 9.75. The van der Waals surface area contributed by atoms with Gasteiger partial charge in [0.1, 0.15) is 48.1 Å². The van der Waals surface area contributed by atoms with E-state index in [-0.39, 0.29) is 0 Å². The predicted molar refractivity (Wildman–Crippen MR) is 102 cm³/mol. The van der Waals surface area contributed by atoms with Crippen molar-refractivity contribution in [3.05, 3.63) is 24.3 Å². The first-order chi connectivity index (χ1) is 14.3. The van der Waals surface area contributed by atoms with Gasteiger partial charge < -0.3 is 48.8 Å². The number of benzene rings is 1. The standard InChI is InChI=1S/C20H30O10/c1-9-13(21)15(23)16(24)19(27-9)30-17-14(22)10(2)28-20(18(17)26-4)29-12-7-5-11(25-3)6-8-12/h5-10,13-24H,1-4H3/t9-,10-,13-,14-,15+,16+,17+,18+,19-,20-/m0/s1. The number of methoxy groups -OCH3 is 2. The van der Waals surface area contributed by atoms with Crippen LogP contribution >= 0.6 is 0 Å². The molecule has 2 saturated heterocycles. The second-order valence-electron chi connectivity index (χ2n) is 7.48. The highest BCUT2D eigenvalue weighted by atomic mass is 16.7. The Labute approximate surface area is 174 Å². The summed E-state index contributed by atoms with van der Waals surface area (Å²) in [6.07, 6.45) is -10.9. The largest absolute Gasteiger partial charge is 0.497 e. The number of rotatable bonds is 6. The van der Waals surface area contributed by atoms with Crippen LogP contribution in [0.25, 0.3) is 0 Å². The van der Waals surface area contributed by atoms with Crippen molar-refractivity contribution in [1.29, 1.82) is 0 Å². The van der Waals surface area contributed by atoms with Gasteiger partial charge in [-0.15, -0.1) is 0 Å². The van der Waals surface area contributed by atoms with Crippen LogP contribution in [0.3, 0.4) is 0 Å². The first-order valence-corrected chi connectivity index (χ1v) is 9.79. The summed E-state index contributed by atoms with van der Waals surface area (Å²) in [5, 5.41) is 40.8. The lowest BCUT2D eigenvalue weighted by Crippen LogP contribution is -2.64. The van der Waals surface area contributed by atoms with E-state index in [0.717, 1.165) is 0 Å². The summed E-state index contributed by atoms with van der Waals surface area (Å²) < 4.78 is 33.6. The number of ether oxygens (including phenoxy) is 6. The lowest BCUT2D eigenvalue weighted by molar-refractivity contribution is -0.348. The molecular formula is C20H30O10. The van der Waals surface area contributed by atoms with Gasteiger partial charge in [-0.05, 0) is 38.1 Å². The summed E-state index contributed by atoms with van der Waals surface area (Å²) >= 11 is 0. The van der Waals surface area contributed by atoms with E-state index in [4.69, 9.17) is 28.4 Å². The van der Waals surface area contributed by atoms with E-state index in [1.807, 2.05) is 0 Å². The molecule has 2 aliphatic rings. The number of aliphatic hydroxyl groups is 4. The molecule has 0 spiro atoms. The molecule has 10 heteroatoms. The average Bonchev–Trinajstić information content (AvgIpc) is 2.74. The molecule has 0 aromatic heterocycles. The summed E-state index contributed by atoms with van der Waals surface area (Å²) in [6, 6.07) is 6.86. The second-order valence-corrected chi connectivity index (χ2v) is 7.48. The van der Waals surface area contributed by atoms with Gasteiger partial charge >= 0.3 is 0 Å². The smallest absolute Gasteiger partial charge is 0.229 e. The average molecular weight is 430 g/mol. The fourth-order valence-electron chi connectivity index (χ4n) is 3.55. The Balaban J connectivity index is 1.76. The van der Waals surface area contributed by atoms with Crippen LogP contribution < -0.4 is 9.47 Å². The summed E-state index contributed by atoms with van der Waals surface area (Å²) in [5.41, 5.74) is 0. The van der Waals surface area contributed by atoms with Crippen molar-refractivity contribution >= 4 is 0 Å². The lowest BCUT2D eigenvalue weighted by Gasteiger charge is -2.46. The molecule has 2 fully saturated rings. The zero-order valence-corrected chi connectivity index (χ0v) is 17.3. The maximum absolute atomic E-state index is 10.6. The molecule has 1 aromatic carbocycles. The Morgan fingerprint density at radius 1 is 0.700 bits per heavy atom. The van der Waals surface area contributed by atoms with Crippen LogP contribution in [0.2, 0.25) is 0 Å². The van der Waals surface area contributed by atoms with Gasteiger partial charge in [-0.2, -0.15) is 0 Å². The molecule has 10 nitrogen and oxygen atoms in total. The van der Waals surface area contributed by atoms with Gasteiger partial charge in [0.25, 0.3) is 0 Å². The van der Waals surface area contributed by atoms with Crippen LogP contribution in [-0.2, 0) is 18.9 Å². The Morgan fingerprint density at radius 2 is 1.27 bits per heavy atom. The molecule has 2 heterocycles. The molecule has 0 amide bonds. The number of aliphatic hydroxyl groups excluding tert-OH is 4. The summed E-state index contributed by atoms with van der Waals surface area (Å²) in [4.78, 5) is 0. The molecule has 0 aliphatic carbocycles. The Hall–Kier alpha value is -1.50. The Bertz CT molecular complexity index is 670. The van der Waals surface area contributed by atoms with Crippen molar-refractivity contribution in [2.45, 2.75) is 75.3 Å². The molecule has 30 heavy (non-hydrogen) atoms. The van der Waals surface area contributed by atoms with Crippen LogP contribution in [0.5, 0.6) is 11.5 Å². The fourth-order valence-corrected chi connectivity index (χ4v) is 3.55. The quantitative estimate of drug-likeness (QED) is 0.463. The van der Waals surface area contributed by atoms with Crippen LogP contribution in [0.4, 0.5) is 0 Å². The first kappa shape index (κ1) is 23.2. The molecule has 4 N–H and O–H groups in total. The van der Waals surface area contributed by atoms with Crippen molar-refractivity contribution in [2.24, 2.45) is 0 Å². The normalized spacial score (nSPS) is 42.0. The SMILES string of the molecule is COc1ccc(O[C@@H]2O[C@@H](C)[C@H](O)[C@@H](O[C@@H]3O[C@@H](C)[C@H](O)[C@@H](O)[C@H]3O)[C@H]2OC)cc1. The minimum atomic E-state index is -1.51.